The number of hydrogen-bond donors (Lipinski definition) is 1. The van der Waals surface area contributed by atoms with Gasteiger partial charge in [-0.15, -0.1) is 0 Å². The largest absolute Gasteiger partial charge is 0.494 e. The van der Waals surface area contributed by atoms with Gasteiger partial charge in [-0.3, -0.25) is 4.90 Å². The molecule has 3 unspecified atom stereocenters. The van der Waals surface area contributed by atoms with Gasteiger partial charge in [-0.2, -0.15) is 0 Å². The number of para-hydroxylation sites is 1. The Morgan fingerprint density at radius 1 is 1.24 bits per heavy atom. The summed E-state index contributed by atoms with van der Waals surface area (Å²) in [6.45, 7) is 4.90. The van der Waals surface area contributed by atoms with Gasteiger partial charge in [0.2, 0.25) is 0 Å². The Bertz CT molecular complexity index is 462. The van der Waals surface area contributed by atoms with Gasteiger partial charge in [0, 0.05) is 24.2 Å². The molecule has 1 saturated carbocycles. The molecular formula is C18H28N2O. The molecule has 3 rings (SSSR count). The average molecular weight is 288 g/mol. The first-order valence-corrected chi connectivity index (χ1v) is 8.51. The monoisotopic (exact) mass is 288 g/mol. The number of fused-ring (bicyclic) bond motifs is 1. The molecule has 1 aromatic rings. The van der Waals surface area contributed by atoms with Crippen LogP contribution in [0.1, 0.15) is 50.6 Å². The van der Waals surface area contributed by atoms with Crippen molar-refractivity contribution in [2.75, 3.05) is 19.7 Å². The highest BCUT2D eigenvalue weighted by molar-refractivity contribution is 5.36. The van der Waals surface area contributed by atoms with Crippen molar-refractivity contribution >= 4 is 0 Å². The van der Waals surface area contributed by atoms with E-state index in [2.05, 4.69) is 17.0 Å². The predicted octanol–water partition coefficient (Wildman–Crippen LogP) is 3.35. The Hall–Kier alpha value is -1.06. The summed E-state index contributed by atoms with van der Waals surface area (Å²) in [4.78, 5) is 2.64. The molecule has 1 heterocycles. The maximum atomic E-state index is 6.51. The minimum Gasteiger partial charge on any atom is -0.494 e. The van der Waals surface area contributed by atoms with Crippen molar-refractivity contribution < 1.29 is 4.74 Å². The molecule has 3 atom stereocenters. The lowest BCUT2D eigenvalue weighted by Gasteiger charge is -2.33. The Balaban J connectivity index is 1.67. The van der Waals surface area contributed by atoms with Gasteiger partial charge in [-0.05, 0) is 44.7 Å². The van der Waals surface area contributed by atoms with E-state index in [-0.39, 0.29) is 6.04 Å². The molecular weight excluding hydrogens is 260 g/mol. The van der Waals surface area contributed by atoms with Crippen LogP contribution in [-0.4, -0.2) is 30.6 Å². The number of nitrogens with two attached hydrogens (primary N) is 1. The summed E-state index contributed by atoms with van der Waals surface area (Å²) in [6.07, 6.45) is 6.97. The molecule has 0 bridgehead atoms. The molecule has 0 spiro atoms. The number of rotatable bonds is 5. The first-order valence-electron chi connectivity index (χ1n) is 8.51. The van der Waals surface area contributed by atoms with E-state index in [0.717, 1.165) is 29.8 Å². The van der Waals surface area contributed by atoms with Crippen LogP contribution in [0.2, 0.25) is 0 Å². The second-order valence-electron chi connectivity index (χ2n) is 6.47. The van der Waals surface area contributed by atoms with Gasteiger partial charge in [-0.25, -0.2) is 0 Å². The molecule has 2 aliphatic rings. The minimum atomic E-state index is 0.0495. The van der Waals surface area contributed by atoms with Gasteiger partial charge in [0.25, 0.3) is 0 Å². The smallest absolute Gasteiger partial charge is 0.124 e. The first kappa shape index (κ1) is 14.9. The summed E-state index contributed by atoms with van der Waals surface area (Å²) >= 11 is 0. The molecule has 1 aromatic carbocycles. The molecule has 2 fully saturated rings. The maximum absolute atomic E-state index is 6.51. The third-order valence-electron chi connectivity index (χ3n) is 5.17. The number of likely N-dealkylation sites (tertiary alicyclic amines) is 1. The Labute approximate surface area is 128 Å². The predicted molar refractivity (Wildman–Crippen MR) is 86.5 cm³/mol. The average Bonchev–Trinajstić information content (AvgIpc) is 2.91. The standard InChI is InChI=1S/C18H28N2O/c1-2-21-18-10-6-4-8-15(18)16(19)13-20-12-11-14-7-3-5-9-17(14)20/h4,6,8,10,14,16-17H,2-3,5,7,9,11-13,19H2,1H3. The first-order chi connectivity index (χ1) is 10.3. The van der Waals surface area contributed by atoms with Crippen molar-refractivity contribution in [2.24, 2.45) is 11.7 Å². The van der Waals surface area contributed by atoms with Crippen LogP contribution in [0, 0.1) is 5.92 Å². The molecule has 116 valence electrons. The van der Waals surface area contributed by atoms with Crippen molar-refractivity contribution in [3.05, 3.63) is 29.8 Å². The highest BCUT2D eigenvalue weighted by atomic mass is 16.5. The van der Waals surface area contributed by atoms with E-state index in [1.807, 2.05) is 19.1 Å². The van der Waals surface area contributed by atoms with Gasteiger partial charge in [0.05, 0.1) is 6.61 Å². The fraction of sp³-hybridized carbons (Fsp3) is 0.667. The number of nitrogens with zero attached hydrogens (tertiary/aromatic N) is 1. The van der Waals surface area contributed by atoms with Crippen molar-refractivity contribution in [1.82, 2.24) is 4.90 Å². The molecule has 2 N–H and O–H groups in total. The quantitative estimate of drug-likeness (QED) is 0.903. The van der Waals surface area contributed by atoms with Crippen molar-refractivity contribution in [3.8, 4) is 5.75 Å². The van der Waals surface area contributed by atoms with Gasteiger partial charge >= 0.3 is 0 Å². The van der Waals surface area contributed by atoms with Crippen LogP contribution in [0.5, 0.6) is 5.75 Å². The van der Waals surface area contributed by atoms with Crippen LogP contribution >= 0.6 is 0 Å². The highest BCUT2D eigenvalue weighted by Gasteiger charge is 2.36. The Kier molecular flexibility index (Phi) is 4.81. The highest BCUT2D eigenvalue weighted by Crippen LogP contribution is 2.37. The topological polar surface area (TPSA) is 38.5 Å². The third-order valence-corrected chi connectivity index (χ3v) is 5.17. The van der Waals surface area contributed by atoms with Crippen LogP contribution in [0.25, 0.3) is 0 Å². The van der Waals surface area contributed by atoms with E-state index in [9.17, 15) is 0 Å². The lowest BCUT2D eigenvalue weighted by Crippen LogP contribution is -2.39. The summed E-state index contributed by atoms with van der Waals surface area (Å²) < 4.78 is 5.73. The normalized spacial score (nSPS) is 27.3. The Morgan fingerprint density at radius 2 is 2.05 bits per heavy atom. The molecule has 1 saturated heterocycles. The number of benzene rings is 1. The van der Waals surface area contributed by atoms with Gasteiger partial charge in [0.1, 0.15) is 5.75 Å². The number of hydrogen-bond acceptors (Lipinski definition) is 3. The van der Waals surface area contributed by atoms with E-state index in [0.29, 0.717) is 6.61 Å². The van der Waals surface area contributed by atoms with Crippen LogP contribution in [0.4, 0.5) is 0 Å². The molecule has 0 aromatic heterocycles. The van der Waals surface area contributed by atoms with E-state index in [1.54, 1.807) is 0 Å². The third kappa shape index (κ3) is 3.24. The van der Waals surface area contributed by atoms with E-state index in [4.69, 9.17) is 10.5 Å². The van der Waals surface area contributed by atoms with Crippen LogP contribution in [0.15, 0.2) is 24.3 Å². The van der Waals surface area contributed by atoms with Crippen molar-refractivity contribution in [1.29, 1.82) is 0 Å². The lowest BCUT2D eigenvalue weighted by atomic mass is 9.85. The molecule has 0 amide bonds. The molecule has 1 aliphatic carbocycles. The molecule has 1 aliphatic heterocycles. The summed E-state index contributed by atoms with van der Waals surface area (Å²) in [5.41, 5.74) is 7.66. The lowest BCUT2D eigenvalue weighted by molar-refractivity contribution is 0.173. The maximum Gasteiger partial charge on any atom is 0.124 e. The molecule has 3 nitrogen and oxygen atoms in total. The van der Waals surface area contributed by atoms with Crippen LogP contribution < -0.4 is 10.5 Å². The Morgan fingerprint density at radius 3 is 2.90 bits per heavy atom. The van der Waals surface area contributed by atoms with E-state index in [1.165, 1.54) is 38.6 Å². The fourth-order valence-corrected chi connectivity index (χ4v) is 4.15. The summed E-state index contributed by atoms with van der Waals surface area (Å²) in [7, 11) is 0. The zero-order valence-corrected chi connectivity index (χ0v) is 13.1. The zero-order chi connectivity index (χ0) is 14.7. The SMILES string of the molecule is CCOc1ccccc1C(N)CN1CCC2CCCCC21. The molecule has 21 heavy (non-hydrogen) atoms. The second kappa shape index (κ2) is 6.80. The molecule has 3 heteroatoms. The molecule has 0 radical (unpaired) electrons. The van der Waals surface area contributed by atoms with Gasteiger partial charge < -0.3 is 10.5 Å². The van der Waals surface area contributed by atoms with E-state index >= 15 is 0 Å². The summed E-state index contributed by atoms with van der Waals surface area (Å²) in [6, 6.07) is 9.06. The summed E-state index contributed by atoms with van der Waals surface area (Å²) in [5.74, 6) is 1.87. The van der Waals surface area contributed by atoms with Gasteiger partial charge in [-0.1, -0.05) is 31.0 Å². The van der Waals surface area contributed by atoms with Crippen molar-refractivity contribution in [3.63, 3.8) is 0 Å². The zero-order valence-electron chi connectivity index (χ0n) is 13.1. The van der Waals surface area contributed by atoms with E-state index < -0.39 is 0 Å². The van der Waals surface area contributed by atoms with Crippen LogP contribution in [-0.2, 0) is 0 Å². The van der Waals surface area contributed by atoms with Gasteiger partial charge in [0.15, 0.2) is 0 Å². The summed E-state index contributed by atoms with van der Waals surface area (Å²) in [5, 5.41) is 0. The fourth-order valence-electron chi connectivity index (χ4n) is 4.15. The number of ether oxygens (including phenoxy) is 1. The minimum absolute atomic E-state index is 0.0495. The van der Waals surface area contributed by atoms with Crippen LogP contribution in [0.3, 0.4) is 0 Å². The second-order valence-corrected chi connectivity index (χ2v) is 6.47. The van der Waals surface area contributed by atoms with Crippen molar-refractivity contribution in [2.45, 2.75) is 51.1 Å².